The van der Waals surface area contributed by atoms with Gasteiger partial charge in [-0.2, -0.15) is 0 Å². The molecule has 1 N–H and O–H groups in total. The first kappa shape index (κ1) is 26.3. The van der Waals surface area contributed by atoms with Gasteiger partial charge in [-0.1, -0.05) is 53.7 Å². The molecule has 9 heteroatoms. The fraction of sp³-hybridized carbons (Fsp3) is 0.241. The first-order valence-corrected chi connectivity index (χ1v) is 15.1. The van der Waals surface area contributed by atoms with E-state index in [-0.39, 0.29) is 11.7 Å². The van der Waals surface area contributed by atoms with Gasteiger partial charge in [0, 0.05) is 38.9 Å². The summed E-state index contributed by atoms with van der Waals surface area (Å²) in [5.41, 5.74) is 9.06. The summed E-state index contributed by atoms with van der Waals surface area (Å²) in [5, 5.41) is 17.4. The van der Waals surface area contributed by atoms with Crippen LogP contribution >= 0.6 is 34.4 Å². The van der Waals surface area contributed by atoms with Gasteiger partial charge in [0.1, 0.15) is 0 Å². The third-order valence-electron chi connectivity index (χ3n) is 6.47. The van der Waals surface area contributed by atoms with Crippen LogP contribution in [-0.4, -0.2) is 31.4 Å². The highest BCUT2D eigenvalue weighted by atomic mass is 32.2. The number of hydrogen-bond donors (Lipinski definition) is 1. The Morgan fingerprint density at radius 1 is 0.947 bits per heavy atom. The third kappa shape index (κ3) is 5.45. The maximum Gasteiger partial charge on any atom is 0.236 e. The van der Waals surface area contributed by atoms with E-state index in [4.69, 9.17) is 0 Å². The zero-order valence-corrected chi connectivity index (χ0v) is 24.5. The molecular weight excluding hydrogens is 531 g/mol. The fourth-order valence-electron chi connectivity index (χ4n) is 4.23. The normalized spacial score (nSPS) is 11.2. The molecule has 6 nitrogen and oxygen atoms in total. The first-order chi connectivity index (χ1) is 18.3. The number of thiazole rings is 1. The number of aryl methyl sites for hydroxylation is 4. The molecule has 0 unspecified atom stereocenters. The Morgan fingerprint density at radius 2 is 1.71 bits per heavy atom. The van der Waals surface area contributed by atoms with Crippen molar-refractivity contribution in [2.24, 2.45) is 0 Å². The second-order valence-electron chi connectivity index (χ2n) is 9.17. The Labute approximate surface area is 235 Å². The van der Waals surface area contributed by atoms with Crippen molar-refractivity contribution in [3.8, 4) is 33.8 Å². The van der Waals surface area contributed by atoms with Gasteiger partial charge in [-0.3, -0.25) is 4.79 Å². The van der Waals surface area contributed by atoms with Crippen molar-refractivity contribution in [1.82, 2.24) is 19.7 Å². The topological polar surface area (TPSA) is 72.7 Å². The minimum atomic E-state index is -0.116. The Balaban J connectivity index is 1.29. The van der Waals surface area contributed by atoms with Crippen LogP contribution in [0.3, 0.4) is 0 Å². The minimum Gasteiger partial charge on any atom is -0.302 e. The van der Waals surface area contributed by atoms with Gasteiger partial charge < -0.3 is 9.88 Å². The van der Waals surface area contributed by atoms with E-state index in [9.17, 15) is 4.79 Å². The van der Waals surface area contributed by atoms with Gasteiger partial charge in [-0.15, -0.1) is 32.9 Å². The molecule has 3 aromatic heterocycles. The molecule has 0 bridgehead atoms. The Hall–Kier alpha value is -3.27. The zero-order chi connectivity index (χ0) is 26.8. The average molecular weight is 560 g/mol. The van der Waals surface area contributed by atoms with Crippen molar-refractivity contribution in [3.05, 3.63) is 74.8 Å². The van der Waals surface area contributed by atoms with E-state index in [1.807, 2.05) is 5.38 Å². The minimum absolute atomic E-state index is 0.116. The molecule has 0 saturated carbocycles. The molecule has 0 atom stereocenters. The summed E-state index contributed by atoms with van der Waals surface area (Å²) in [7, 11) is 0. The van der Waals surface area contributed by atoms with Crippen LogP contribution in [0.25, 0.3) is 33.8 Å². The highest BCUT2D eigenvalue weighted by molar-refractivity contribution is 7.99. The summed E-state index contributed by atoms with van der Waals surface area (Å²) in [6.07, 6.45) is 0. The van der Waals surface area contributed by atoms with Crippen LogP contribution in [0.4, 0.5) is 5.13 Å². The van der Waals surface area contributed by atoms with Crippen molar-refractivity contribution in [1.29, 1.82) is 0 Å². The van der Waals surface area contributed by atoms with Gasteiger partial charge in [0.25, 0.3) is 0 Å². The van der Waals surface area contributed by atoms with Gasteiger partial charge >= 0.3 is 0 Å². The van der Waals surface area contributed by atoms with Crippen LogP contribution in [0.15, 0.2) is 58.4 Å². The number of thiophene rings is 1. The summed E-state index contributed by atoms with van der Waals surface area (Å²) in [5.74, 6) is 0.938. The molecule has 3 heterocycles. The largest absolute Gasteiger partial charge is 0.302 e. The van der Waals surface area contributed by atoms with Gasteiger partial charge in [0.05, 0.1) is 11.4 Å². The lowest BCUT2D eigenvalue weighted by atomic mass is 10.0. The lowest BCUT2D eigenvalue weighted by molar-refractivity contribution is -0.113. The van der Waals surface area contributed by atoms with E-state index in [1.54, 1.807) is 11.3 Å². The third-order valence-corrected chi connectivity index (χ3v) is 9.11. The Kier molecular flexibility index (Phi) is 7.78. The summed E-state index contributed by atoms with van der Waals surface area (Å²) in [6, 6.07) is 14.9. The highest BCUT2D eigenvalue weighted by Gasteiger charge is 2.20. The molecule has 0 aliphatic rings. The molecule has 0 saturated heterocycles. The fourth-order valence-corrected chi connectivity index (χ4v) is 6.63. The number of benzene rings is 2. The Bertz CT molecular complexity index is 1600. The van der Waals surface area contributed by atoms with Gasteiger partial charge in [0.2, 0.25) is 5.91 Å². The molecule has 0 fully saturated rings. The van der Waals surface area contributed by atoms with E-state index in [0.29, 0.717) is 11.7 Å². The summed E-state index contributed by atoms with van der Waals surface area (Å²) in [4.78, 5) is 18.6. The van der Waals surface area contributed by atoms with Crippen LogP contribution in [0.2, 0.25) is 0 Å². The van der Waals surface area contributed by atoms with E-state index < -0.39 is 0 Å². The summed E-state index contributed by atoms with van der Waals surface area (Å²) >= 11 is 4.54. The van der Waals surface area contributed by atoms with Crippen molar-refractivity contribution >= 4 is 45.5 Å². The number of nitrogens with one attached hydrogen (secondary N) is 1. The maximum absolute atomic E-state index is 12.8. The summed E-state index contributed by atoms with van der Waals surface area (Å²) in [6.45, 7) is 11.2. The first-order valence-electron chi connectivity index (χ1n) is 12.4. The SMILES string of the molecule is CCn1c(SCC(=O)Nc2nc(-c3ccc(C)c(C)c3)cs2)nnc1-c1csc(C)c1-c1ccc(C)cc1. The highest BCUT2D eigenvalue weighted by Crippen LogP contribution is 2.39. The monoisotopic (exact) mass is 559 g/mol. The molecule has 2 aromatic carbocycles. The molecule has 0 aliphatic heterocycles. The maximum atomic E-state index is 12.8. The molecule has 1 amide bonds. The van der Waals surface area contributed by atoms with Crippen LogP contribution in [0, 0.1) is 27.7 Å². The molecular formula is C29H29N5OS3. The molecule has 0 spiro atoms. The number of amides is 1. The second kappa shape index (κ2) is 11.2. The number of carbonyl (C=O) groups excluding carboxylic acids is 1. The standard InChI is InChI=1S/C29H29N5OS3/c1-6-34-27(23-14-36-20(5)26(23)21-10-7-17(2)8-11-21)32-33-29(34)38-16-25(35)31-28-30-24(15-37-28)22-12-9-18(3)19(4)13-22/h7-15H,6,16H2,1-5H3,(H,30,31,35). The van der Waals surface area contributed by atoms with Crippen molar-refractivity contribution < 1.29 is 4.79 Å². The average Bonchev–Trinajstić information content (AvgIpc) is 3.63. The number of anilines is 1. The number of thioether (sulfide) groups is 1. The molecule has 38 heavy (non-hydrogen) atoms. The van der Waals surface area contributed by atoms with Crippen molar-refractivity contribution in [2.45, 2.75) is 46.3 Å². The Morgan fingerprint density at radius 3 is 2.45 bits per heavy atom. The van der Waals surface area contributed by atoms with Crippen molar-refractivity contribution in [2.75, 3.05) is 11.1 Å². The second-order valence-corrected chi connectivity index (χ2v) is 12.1. The van der Waals surface area contributed by atoms with Crippen LogP contribution < -0.4 is 5.32 Å². The number of hydrogen-bond acceptors (Lipinski definition) is 7. The quantitative estimate of drug-likeness (QED) is 0.197. The number of rotatable bonds is 8. The zero-order valence-electron chi connectivity index (χ0n) is 22.0. The van der Waals surface area contributed by atoms with E-state index in [0.717, 1.165) is 27.8 Å². The lowest BCUT2D eigenvalue weighted by Crippen LogP contribution is -2.14. The molecule has 0 radical (unpaired) electrons. The smallest absolute Gasteiger partial charge is 0.236 e. The summed E-state index contributed by atoms with van der Waals surface area (Å²) < 4.78 is 2.08. The van der Waals surface area contributed by atoms with Crippen LogP contribution in [-0.2, 0) is 11.3 Å². The van der Waals surface area contributed by atoms with E-state index in [1.165, 1.54) is 55.8 Å². The van der Waals surface area contributed by atoms with Crippen LogP contribution in [0.1, 0.15) is 28.5 Å². The van der Waals surface area contributed by atoms with Gasteiger partial charge in [-0.05, 0) is 57.4 Å². The number of aromatic nitrogens is 4. The molecule has 5 aromatic rings. The lowest BCUT2D eigenvalue weighted by Gasteiger charge is -2.09. The predicted octanol–water partition coefficient (Wildman–Crippen LogP) is 7.78. The van der Waals surface area contributed by atoms with Gasteiger partial charge in [-0.25, -0.2) is 4.98 Å². The van der Waals surface area contributed by atoms with Gasteiger partial charge in [0.15, 0.2) is 16.1 Å². The molecule has 0 aliphatic carbocycles. The van der Waals surface area contributed by atoms with E-state index in [2.05, 4.69) is 108 Å². The molecule has 194 valence electrons. The number of carbonyl (C=O) groups is 1. The van der Waals surface area contributed by atoms with E-state index >= 15 is 0 Å². The molecule has 5 rings (SSSR count). The predicted molar refractivity (Wildman–Crippen MR) is 160 cm³/mol. The number of nitrogens with zero attached hydrogens (tertiary/aromatic N) is 4. The van der Waals surface area contributed by atoms with Crippen LogP contribution in [0.5, 0.6) is 0 Å². The van der Waals surface area contributed by atoms with Crippen molar-refractivity contribution in [3.63, 3.8) is 0 Å².